The van der Waals surface area contributed by atoms with Crippen LogP contribution in [0.2, 0.25) is 0 Å². The van der Waals surface area contributed by atoms with Crippen LogP contribution in [0.3, 0.4) is 0 Å². The lowest BCUT2D eigenvalue weighted by Crippen LogP contribution is -2.57. The van der Waals surface area contributed by atoms with Crippen LogP contribution in [0, 0.1) is 0 Å². The molecule has 0 radical (unpaired) electrons. The largest absolute Gasteiger partial charge is 0.468 e. The lowest BCUT2D eigenvalue weighted by Gasteiger charge is -2.42. The zero-order valence-electron chi connectivity index (χ0n) is 10.9. The number of aliphatic hydroxyl groups excluding tert-OH is 1. The van der Waals surface area contributed by atoms with E-state index in [2.05, 4.69) is 9.73 Å². The Hall–Kier alpha value is -1.12. The Balaban J connectivity index is 1.96. The molecule has 1 unspecified atom stereocenters. The number of aliphatic imine (C=N–C) groups is 1. The standard InChI is InChI=1S/C12H17F3N2O3/c13-12(14,15)9-20-10-1-2-11(8-18,7-16-10)17-3-5-19-6-4-17/h1-2,18H,3-9H2. The lowest BCUT2D eigenvalue weighted by molar-refractivity contribution is -0.156. The van der Waals surface area contributed by atoms with E-state index in [0.717, 1.165) is 0 Å². The van der Waals surface area contributed by atoms with Crippen molar-refractivity contribution in [1.29, 1.82) is 0 Å². The lowest BCUT2D eigenvalue weighted by atomic mass is 9.95. The molecule has 0 aromatic rings. The highest BCUT2D eigenvalue weighted by atomic mass is 19.4. The van der Waals surface area contributed by atoms with Gasteiger partial charge in [-0.1, -0.05) is 6.08 Å². The van der Waals surface area contributed by atoms with E-state index in [9.17, 15) is 18.3 Å². The van der Waals surface area contributed by atoms with Crippen LogP contribution in [0.25, 0.3) is 0 Å². The summed E-state index contributed by atoms with van der Waals surface area (Å²) in [6.45, 7) is 1.10. The molecule has 1 N–H and O–H groups in total. The summed E-state index contributed by atoms with van der Waals surface area (Å²) in [6.07, 6.45) is -1.33. The van der Waals surface area contributed by atoms with Crippen LogP contribution in [0.4, 0.5) is 13.2 Å². The smallest absolute Gasteiger partial charge is 0.422 e. The maximum absolute atomic E-state index is 12.1. The number of dihydropyridines is 1. The minimum atomic E-state index is -4.38. The third kappa shape index (κ3) is 3.71. The number of nitrogens with zero attached hydrogens (tertiary/aromatic N) is 2. The number of alkyl halides is 3. The van der Waals surface area contributed by atoms with E-state index in [-0.39, 0.29) is 19.0 Å². The molecule has 0 bridgehead atoms. The van der Waals surface area contributed by atoms with Crippen molar-refractivity contribution in [2.24, 2.45) is 4.99 Å². The first-order chi connectivity index (χ1) is 9.45. The summed E-state index contributed by atoms with van der Waals surface area (Å²) >= 11 is 0. The van der Waals surface area contributed by atoms with Gasteiger partial charge in [-0.2, -0.15) is 13.2 Å². The molecule has 0 saturated carbocycles. The van der Waals surface area contributed by atoms with Crippen molar-refractivity contribution >= 4 is 5.90 Å². The summed E-state index contributed by atoms with van der Waals surface area (Å²) in [5.74, 6) is -0.0559. The molecule has 0 spiro atoms. The molecule has 2 rings (SSSR count). The van der Waals surface area contributed by atoms with E-state index < -0.39 is 18.3 Å². The first-order valence-electron chi connectivity index (χ1n) is 6.32. The molecule has 0 aromatic carbocycles. The summed E-state index contributed by atoms with van der Waals surface area (Å²) in [7, 11) is 0. The third-order valence-electron chi connectivity index (χ3n) is 3.34. The predicted molar refractivity (Wildman–Crippen MR) is 65.7 cm³/mol. The number of ether oxygens (including phenoxy) is 2. The highest BCUT2D eigenvalue weighted by Gasteiger charge is 2.37. The Labute approximate surface area is 114 Å². The Morgan fingerprint density at radius 1 is 1.40 bits per heavy atom. The van der Waals surface area contributed by atoms with Crippen molar-refractivity contribution in [3.63, 3.8) is 0 Å². The maximum atomic E-state index is 12.1. The third-order valence-corrected chi connectivity index (χ3v) is 3.34. The average molecular weight is 294 g/mol. The van der Waals surface area contributed by atoms with E-state index >= 15 is 0 Å². The maximum Gasteiger partial charge on any atom is 0.422 e. The number of hydrogen-bond acceptors (Lipinski definition) is 5. The number of morpholine rings is 1. The fourth-order valence-corrected chi connectivity index (χ4v) is 2.21. The second-order valence-corrected chi connectivity index (χ2v) is 4.75. The van der Waals surface area contributed by atoms with Gasteiger partial charge in [0.1, 0.15) is 0 Å². The van der Waals surface area contributed by atoms with E-state index in [0.29, 0.717) is 26.3 Å². The van der Waals surface area contributed by atoms with Gasteiger partial charge in [-0.3, -0.25) is 4.90 Å². The molecule has 114 valence electrons. The quantitative estimate of drug-likeness (QED) is 0.828. The Morgan fingerprint density at radius 2 is 2.10 bits per heavy atom. The highest BCUT2D eigenvalue weighted by Crippen LogP contribution is 2.23. The zero-order valence-corrected chi connectivity index (χ0v) is 10.9. The molecular formula is C12H17F3N2O3. The van der Waals surface area contributed by atoms with Crippen LogP contribution in [0.5, 0.6) is 0 Å². The van der Waals surface area contributed by atoms with Crippen LogP contribution in [-0.4, -0.2) is 73.7 Å². The summed E-state index contributed by atoms with van der Waals surface area (Å²) in [6, 6.07) is 0. The molecule has 2 heterocycles. The van der Waals surface area contributed by atoms with Gasteiger partial charge < -0.3 is 14.6 Å². The molecule has 1 atom stereocenters. The van der Waals surface area contributed by atoms with Crippen molar-refractivity contribution in [3.8, 4) is 0 Å². The molecule has 2 aliphatic heterocycles. The second-order valence-electron chi connectivity index (χ2n) is 4.75. The highest BCUT2D eigenvalue weighted by molar-refractivity contribution is 5.88. The van der Waals surface area contributed by atoms with Gasteiger partial charge in [-0.15, -0.1) is 0 Å². The van der Waals surface area contributed by atoms with Gasteiger partial charge in [0.2, 0.25) is 5.90 Å². The molecule has 0 aliphatic carbocycles. The van der Waals surface area contributed by atoms with Gasteiger partial charge in [0.15, 0.2) is 6.61 Å². The number of aliphatic hydroxyl groups is 1. The molecule has 0 aromatic heterocycles. The van der Waals surface area contributed by atoms with Crippen molar-refractivity contribution in [1.82, 2.24) is 4.90 Å². The molecule has 0 amide bonds. The molecule has 8 heteroatoms. The molecule has 20 heavy (non-hydrogen) atoms. The summed E-state index contributed by atoms with van der Waals surface area (Å²) < 4.78 is 46.0. The van der Waals surface area contributed by atoms with Crippen LogP contribution < -0.4 is 0 Å². The normalized spacial score (nSPS) is 28.3. The van der Waals surface area contributed by atoms with Crippen molar-refractivity contribution in [3.05, 3.63) is 12.2 Å². The first-order valence-corrected chi connectivity index (χ1v) is 6.32. The summed E-state index contributed by atoms with van der Waals surface area (Å²) in [4.78, 5) is 6.02. The number of hydrogen-bond donors (Lipinski definition) is 1. The molecule has 1 saturated heterocycles. The Morgan fingerprint density at radius 3 is 2.60 bits per heavy atom. The monoisotopic (exact) mass is 294 g/mol. The summed E-state index contributed by atoms with van der Waals surface area (Å²) in [5, 5.41) is 9.62. The van der Waals surface area contributed by atoms with Crippen molar-refractivity contribution in [2.45, 2.75) is 11.7 Å². The fraction of sp³-hybridized carbons (Fsp3) is 0.750. The van der Waals surface area contributed by atoms with Gasteiger partial charge >= 0.3 is 6.18 Å². The van der Waals surface area contributed by atoms with Crippen LogP contribution in [-0.2, 0) is 9.47 Å². The van der Waals surface area contributed by atoms with Crippen molar-refractivity contribution in [2.75, 3.05) is 46.1 Å². The minimum absolute atomic E-state index is 0.0559. The Bertz CT molecular complexity index is 392. The van der Waals surface area contributed by atoms with Gasteiger partial charge in [0, 0.05) is 13.1 Å². The van der Waals surface area contributed by atoms with E-state index in [1.54, 1.807) is 6.08 Å². The topological polar surface area (TPSA) is 54.3 Å². The van der Waals surface area contributed by atoms with E-state index in [1.165, 1.54) is 6.08 Å². The second kappa shape index (κ2) is 6.11. The number of halogens is 3. The van der Waals surface area contributed by atoms with Gasteiger partial charge in [-0.25, -0.2) is 4.99 Å². The SMILES string of the molecule is OCC1(N2CCOCC2)C=CC(OCC(F)(F)F)=NC1. The molecule has 5 nitrogen and oxygen atoms in total. The van der Waals surface area contributed by atoms with Crippen LogP contribution in [0.15, 0.2) is 17.1 Å². The van der Waals surface area contributed by atoms with Gasteiger partial charge in [0.05, 0.1) is 31.9 Å². The molecule has 2 aliphatic rings. The fourth-order valence-electron chi connectivity index (χ4n) is 2.21. The first kappa shape index (κ1) is 15.3. The molecule has 1 fully saturated rings. The van der Waals surface area contributed by atoms with E-state index in [4.69, 9.17) is 4.74 Å². The minimum Gasteiger partial charge on any atom is -0.468 e. The van der Waals surface area contributed by atoms with Crippen LogP contribution >= 0.6 is 0 Å². The summed E-state index contributed by atoms with van der Waals surface area (Å²) in [5.41, 5.74) is -0.672. The van der Waals surface area contributed by atoms with Gasteiger partial charge in [0.25, 0.3) is 0 Å². The molecular weight excluding hydrogens is 277 g/mol. The van der Waals surface area contributed by atoms with Gasteiger partial charge in [-0.05, 0) is 6.08 Å². The Kier molecular flexibility index (Phi) is 4.66. The van der Waals surface area contributed by atoms with Crippen molar-refractivity contribution < 1.29 is 27.8 Å². The predicted octanol–water partition coefficient (Wildman–Crippen LogP) is 0.597. The number of rotatable bonds is 3. The zero-order chi connectivity index (χ0) is 14.6. The average Bonchev–Trinajstić information content (AvgIpc) is 2.46. The van der Waals surface area contributed by atoms with Crippen LogP contribution in [0.1, 0.15) is 0 Å². The van der Waals surface area contributed by atoms with E-state index in [1.807, 2.05) is 4.90 Å².